The minimum Gasteiger partial charge on any atom is -0.382 e. The standard InChI is InChI=1S/C12H27NO3S/c1-12(11-17-3)10-13-4-5-15-8-9-16-7-6-14-2/h12-13H,4-11H2,1-3H3. The van der Waals surface area contributed by atoms with Gasteiger partial charge in [0.25, 0.3) is 0 Å². The third-order valence-electron chi connectivity index (χ3n) is 2.17. The van der Waals surface area contributed by atoms with Crippen molar-refractivity contribution in [2.24, 2.45) is 5.92 Å². The zero-order valence-corrected chi connectivity index (χ0v) is 12.2. The Labute approximate surface area is 110 Å². The summed E-state index contributed by atoms with van der Waals surface area (Å²) in [6.45, 7) is 7.58. The number of thioether (sulfide) groups is 1. The monoisotopic (exact) mass is 265 g/mol. The second-order valence-corrected chi connectivity index (χ2v) is 4.89. The molecule has 0 aromatic carbocycles. The smallest absolute Gasteiger partial charge is 0.0701 e. The van der Waals surface area contributed by atoms with Gasteiger partial charge in [0.1, 0.15) is 0 Å². The van der Waals surface area contributed by atoms with Gasteiger partial charge in [0.2, 0.25) is 0 Å². The Hall–Kier alpha value is 0.190. The van der Waals surface area contributed by atoms with Gasteiger partial charge in [-0.25, -0.2) is 0 Å². The molecule has 0 aromatic heterocycles. The maximum absolute atomic E-state index is 5.42. The summed E-state index contributed by atoms with van der Waals surface area (Å²) in [5.41, 5.74) is 0. The van der Waals surface area contributed by atoms with Crippen LogP contribution in [0, 0.1) is 5.92 Å². The lowest BCUT2D eigenvalue weighted by molar-refractivity contribution is 0.0255. The summed E-state index contributed by atoms with van der Waals surface area (Å²) in [7, 11) is 1.67. The summed E-state index contributed by atoms with van der Waals surface area (Å²) in [6.07, 6.45) is 2.14. The van der Waals surface area contributed by atoms with E-state index < -0.39 is 0 Å². The highest BCUT2D eigenvalue weighted by Gasteiger charge is 1.99. The molecule has 0 aromatic rings. The van der Waals surface area contributed by atoms with Crippen molar-refractivity contribution in [2.75, 3.05) is 65.2 Å². The second kappa shape index (κ2) is 14.3. The summed E-state index contributed by atoms with van der Waals surface area (Å²) in [4.78, 5) is 0. The van der Waals surface area contributed by atoms with E-state index in [0.717, 1.165) is 25.6 Å². The number of ether oxygens (including phenoxy) is 3. The van der Waals surface area contributed by atoms with E-state index in [1.54, 1.807) is 7.11 Å². The summed E-state index contributed by atoms with van der Waals surface area (Å²) in [5.74, 6) is 1.93. The van der Waals surface area contributed by atoms with E-state index >= 15 is 0 Å². The van der Waals surface area contributed by atoms with Gasteiger partial charge in [-0.3, -0.25) is 0 Å². The lowest BCUT2D eigenvalue weighted by atomic mass is 10.2. The molecule has 104 valence electrons. The molecule has 5 heteroatoms. The number of hydrogen-bond donors (Lipinski definition) is 1. The molecular weight excluding hydrogens is 238 g/mol. The van der Waals surface area contributed by atoms with Crippen LogP contribution in [0.4, 0.5) is 0 Å². The molecule has 17 heavy (non-hydrogen) atoms. The van der Waals surface area contributed by atoms with E-state index in [9.17, 15) is 0 Å². The first-order chi connectivity index (χ1) is 8.31. The van der Waals surface area contributed by atoms with Gasteiger partial charge < -0.3 is 19.5 Å². The van der Waals surface area contributed by atoms with Crippen LogP contribution in [0.1, 0.15) is 6.92 Å². The zero-order chi connectivity index (χ0) is 12.8. The van der Waals surface area contributed by atoms with E-state index in [1.807, 2.05) is 11.8 Å². The molecule has 0 aliphatic carbocycles. The van der Waals surface area contributed by atoms with Crippen LogP contribution in [-0.2, 0) is 14.2 Å². The largest absolute Gasteiger partial charge is 0.382 e. The van der Waals surface area contributed by atoms with Gasteiger partial charge in [-0.05, 0) is 24.5 Å². The van der Waals surface area contributed by atoms with Crippen LogP contribution in [-0.4, -0.2) is 65.2 Å². The van der Waals surface area contributed by atoms with Crippen molar-refractivity contribution < 1.29 is 14.2 Å². The lowest BCUT2D eigenvalue weighted by Gasteiger charge is -2.11. The second-order valence-electron chi connectivity index (χ2n) is 3.98. The Bertz CT molecular complexity index is 150. The molecular formula is C12H27NO3S. The average Bonchev–Trinajstić information content (AvgIpc) is 2.32. The quantitative estimate of drug-likeness (QED) is 0.508. The minimum atomic E-state index is 0.643. The van der Waals surface area contributed by atoms with Gasteiger partial charge in [-0.1, -0.05) is 6.92 Å². The summed E-state index contributed by atoms with van der Waals surface area (Å²) in [6, 6.07) is 0. The highest BCUT2D eigenvalue weighted by atomic mass is 32.2. The fraction of sp³-hybridized carbons (Fsp3) is 1.00. The molecule has 1 atom stereocenters. The van der Waals surface area contributed by atoms with Gasteiger partial charge in [0.15, 0.2) is 0 Å². The van der Waals surface area contributed by atoms with Gasteiger partial charge >= 0.3 is 0 Å². The predicted octanol–water partition coefficient (Wildman–Crippen LogP) is 1.25. The molecule has 1 N–H and O–H groups in total. The average molecular weight is 265 g/mol. The van der Waals surface area contributed by atoms with E-state index in [4.69, 9.17) is 14.2 Å². The topological polar surface area (TPSA) is 39.7 Å². The first-order valence-corrected chi connectivity index (χ1v) is 7.54. The summed E-state index contributed by atoms with van der Waals surface area (Å²) < 4.78 is 15.6. The summed E-state index contributed by atoms with van der Waals surface area (Å²) >= 11 is 1.89. The fourth-order valence-corrected chi connectivity index (χ4v) is 1.99. The van der Waals surface area contributed by atoms with Crippen LogP contribution in [0.2, 0.25) is 0 Å². The van der Waals surface area contributed by atoms with E-state index in [1.165, 1.54) is 5.75 Å². The third kappa shape index (κ3) is 14.1. The van der Waals surface area contributed by atoms with Crippen molar-refractivity contribution in [1.29, 1.82) is 0 Å². The Balaban J connectivity index is 2.98. The van der Waals surface area contributed by atoms with Crippen molar-refractivity contribution in [1.82, 2.24) is 5.32 Å². The highest BCUT2D eigenvalue weighted by Crippen LogP contribution is 2.01. The van der Waals surface area contributed by atoms with Crippen LogP contribution >= 0.6 is 11.8 Å². The lowest BCUT2D eigenvalue weighted by Crippen LogP contribution is -2.26. The Kier molecular flexibility index (Phi) is 14.4. The molecule has 0 heterocycles. The van der Waals surface area contributed by atoms with Gasteiger partial charge in [-0.2, -0.15) is 11.8 Å². The maximum Gasteiger partial charge on any atom is 0.0701 e. The normalized spacial score (nSPS) is 12.9. The molecule has 0 saturated carbocycles. The first kappa shape index (κ1) is 17.2. The predicted molar refractivity (Wildman–Crippen MR) is 73.9 cm³/mol. The molecule has 0 rings (SSSR count). The van der Waals surface area contributed by atoms with E-state index in [0.29, 0.717) is 26.4 Å². The Morgan fingerprint density at radius 2 is 1.71 bits per heavy atom. The molecule has 1 unspecified atom stereocenters. The number of nitrogens with one attached hydrogen (secondary N) is 1. The molecule has 0 bridgehead atoms. The molecule has 0 aliphatic heterocycles. The molecule has 0 radical (unpaired) electrons. The third-order valence-corrected chi connectivity index (χ3v) is 3.07. The Morgan fingerprint density at radius 3 is 2.35 bits per heavy atom. The molecule has 0 spiro atoms. The minimum absolute atomic E-state index is 0.643. The van der Waals surface area contributed by atoms with Crippen molar-refractivity contribution in [2.45, 2.75) is 6.92 Å². The molecule has 0 aliphatic rings. The molecule has 0 fully saturated rings. The van der Waals surface area contributed by atoms with Gasteiger partial charge in [0, 0.05) is 13.7 Å². The van der Waals surface area contributed by atoms with Gasteiger partial charge in [0.05, 0.1) is 33.0 Å². The first-order valence-electron chi connectivity index (χ1n) is 6.15. The van der Waals surface area contributed by atoms with Gasteiger partial charge in [-0.15, -0.1) is 0 Å². The van der Waals surface area contributed by atoms with Crippen LogP contribution in [0.5, 0.6) is 0 Å². The van der Waals surface area contributed by atoms with Crippen LogP contribution in [0.15, 0.2) is 0 Å². The fourth-order valence-electron chi connectivity index (χ4n) is 1.30. The highest BCUT2D eigenvalue weighted by molar-refractivity contribution is 7.98. The molecule has 0 saturated heterocycles. The van der Waals surface area contributed by atoms with Crippen molar-refractivity contribution in [3.05, 3.63) is 0 Å². The van der Waals surface area contributed by atoms with Crippen molar-refractivity contribution in [3.63, 3.8) is 0 Å². The SMILES string of the molecule is COCCOCCOCCNCC(C)CSC. The summed E-state index contributed by atoms with van der Waals surface area (Å²) in [5, 5.41) is 3.38. The number of rotatable bonds is 13. The number of methoxy groups -OCH3 is 1. The molecule has 0 amide bonds. The molecule has 4 nitrogen and oxygen atoms in total. The van der Waals surface area contributed by atoms with E-state index in [2.05, 4.69) is 18.5 Å². The zero-order valence-electron chi connectivity index (χ0n) is 11.4. The van der Waals surface area contributed by atoms with Crippen LogP contribution in [0.25, 0.3) is 0 Å². The van der Waals surface area contributed by atoms with E-state index in [-0.39, 0.29) is 0 Å². The van der Waals surface area contributed by atoms with Crippen LogP contribution < -0.4 is 5.32 Å². The van der Waals surface area contributed by atoms with Crippen molar-refractivity contribution in [3.8, 4) is 0 Å². The van der Waals surface area contributed by atoms with Crippen LogP contribution in [0.3, 0.4) is 0 Å². The van der Waals surface area contributed by atoms with Crippen molar-refractivity contribution >= 4 is 11.8 Å². The number of hydrogen-bond acceptors (Lipinski definition) is 5. The maximum atomic E-state index is 5.42. The Morgan fingerprint density at radius 1 is 1.06 bits per heavy atom.